The molecule has 380 valence electrons. The molecule has 0 saturated heterocycles. The molecule has 23 heteroatoms. The number of hydrogen-bond acceptors (Lipinski definition) is 14. The Morgan fingerprint density at radius 2 is 1.59 bits per heavy atom. The number of ether oxygens (including phenoxy) is 2. The van der Waals surface area contributed by atoms with E-state index in [4.69, 9.17) is 26.8 Å². The number of fused-ring (bicyclic) bond motifs is 5. The Morgan fingerprint density at radius 3 is 2.25 bits per heavy atom. The minimum atomic E-state index is -1.70. The van der Waals surface area contributed by atoms with Crippen LogP contribution in [-0.2, 0) is 57.4 Å². The number of Topliss-reactive ketones (excluding diaryl/α,β-unsaturated/α-hetero) is 1. The summed E-state index contributed by atoms with van der Waals surface area (Å²) in [6.07, 6.45) is 6.21. The Bertz CT molecular complexity index is 2200. The van der Waals surface area contributed by atoms with Gasteiger partial charge in [0, 0.05) is 36.1 Å². The van der Waals surface area contributed by atoms with Crippen LogP contribution in [0.5, 0.6) is 0 Å². The van der Waals surface area contributed by atoms with Crippen LogP contribution in [0.15, 0.2) is 32.8 Å². The molecule has 20 nitrogen and oxygen atoms in total. The standard InChI is InChI=1S/C46H62Br2ClN7O13/c1-6-36(63)69-46(24(2)17-29-28-11-10-26-18-27(57)12-14-43(26,4)45(28,49)31(58)19-44(29,46)5)32(59)22-68-23-53-35(62)20-51-34(61)21-52-39(64)25(3)54-40(65)30(9-7-8-15-50)55-33(60)13-16-56-41(66)37(47)38(48)42(56)67/h12,14,18,24-25,28-31,58H,6-11,13,15-17,19-23,50H2,1-5H3,(H,51,61)(H,52,64)(H,53,62)(H,54,65)(H,55,60)/t24-,25-,28-,29-,30-,31-,43-,44-,45-,46?/m0/s1. The smallest absolute Gasteiger partial charge is 0.306 e. The van der Waals surface area contributed by atoms with Crippen LogP contribution in [-0.4, -0.2) is 137 Å². The predicted octanol–water partition coefficient (Wildman–Crippen LogP) is 1.34. The Morgan fingerprint density at radius 1 is 0.942 bits per heavy atom. The number of carbonyl (C=O) groups is 10. The average molecular weight is 1120 g/mol. The van der Waals surface area contributed by atoms with Crippen molar-refractivity contribution >= 4 is 102 Å². The van der Waals surface area contributed by atoms with Gasteiger partial charge in [0.1, 0.15) is 34.4 Å². The van der Waals surface area contributed by atoms with Crippen molar-refractivity contribution in [2.24, 2.45) is 34.3 Å². The van der Waals surface area contributed by atoms with E-state index in [1.165, 1.54) is 13.0 Å². The van der Waals surface area contributed by atoms with E-state index in [1.54, 1.807) is 19.1 Å². The Balaban J connectivity index is 1.08. The van der Waals surface area contributed by atoms with Gasteiger partial charge in [-0.1, -0.05) is 39.3 Å². The van der Waals surface area contributed by atoms with Gasteiger partial charge in [0.15, 0.2) is 11.4 Å². The zero-order valence-electron chi connectivity index (χ0n) is 39.3. The monoisotopic (exact) mass is 1110 g/mol. The number of nitrogens with one attached hydrogen (secondary N) is 5. The van der Waals surface area contributed by atoms with Crippen LogP contribution in [0, 0.1) is 28.6 Å². The molecule has 8 N–H and O–H groups in total. The van der Waals surface area contributed by atoms with Crippen molar-refractivity contribution in [3.63, 3.8) is 0 Å². The third-order valence-corrected chi connectivity index (χ3v) is 17.5. The maximum atomic E-state index is 14.4. The fraction of sp³-hybridized carbons (Fsp3) is 0.652. The first kappa shape index (κ1) is 55.6. The molecule has 1 aliphatic heterocycles. The Hall–Kier alpha value is -4.35. The van der Waals surface area contributed by atoms with Crippen molar-refractivity contribution in [3.8, 4) is 0 Å². The van der Waals surface area contributed by atoms with Crippen LogP contribution in [0.4, 0.5) is 0 Å². The average Bonchev–Trinajstić information content (AvgIpc) is 3.63. The second-order valence-corrected chi connectivity index (χ2v) is 21.0. The topological polar surface area (TPSA) is 299 Å². The van der Waals surface area contributed by atoms with Gasteiger partial charge in [-0.25, -0.2) is 0 Å². The van der Waals surface area contributed by atoms with Crippen LogP contribution >= 0.6 is 43.5 Å². The van der Waals surface area contributed by atoms with E-state index < -0.39 is 125 Å². The lowest BCUT2D eigenvalue weighted by Gasteiger charge is -2.64. The molecule has 5 aliphatic rings. The van der Waals surface area contributed by atoms with E-state index >= 15 is 0 Å². The van der Waals surface area contributed by atoms with Gasteiger partial charge in [0.05, 0.1) is 24.1 Å². The Kier molecular flexibility index (Phi) is 18.4. The van der Waals surface area contributed by atoms with Gasteiger partial charge in [0.25, 0.3) is 11.8 Å². The quantitative estimate of drug-likeness (QED) is 0.0265. The number of halogens is 3. The molecule has 5 rings (SSSR count). The summed E-state index contributed by atoms with van der Waals surface area (Å²) in [4.78, 5) is 128. The maximum absolute atomic E-state index is 14.4. The van der Waals surface area contributed by atoms with Crippen molar-refractivity contribution in [2.75, 3.05) is 39.5 Å². The second kappa shape index (κ2) is 22.8. The number of nitrogens with two attached hydrogens (primary N) is 1. The molecule has 4 aliphatic carbocycles. The zero-order chi connectivity index (χ0) is 51.2. The zero-order valence-corrected chi connectivity index (χ0v) is 43.2. The van der Waals surface area contributed by atoms with Crippen LogP contribution in [0.3, 0.4) is 0 Å². The molecule has 3 fully saturated rings. The van der Waals surface area contributed by atoms with E-state index in [9.17, 15) is 53.1 Å². The first-order valence-electron chi connectivity index (χ1n) is 23.1. The molecule has 0 bridgehead atoms. The number of aliphatic hydroxyl groups excluding tert-OH is 1. The summed E-state index contributed by atoms with van der Waals surface area (Å²) < 4.78 is 11.9. The maximum Gasteiger partial charge on any atom is 0.306 e. The first-order valence-corrected chi connectivity index (χ1v) is 25.1. The number of allylic oxidation sites excluding steroid dienone is 4. The van der Waals surface area contributed by atoms with E-state index in [-0.39, 0.29) is 58.8 Å². The molecule has 1 unspecified atom stereocenters. The van der Waals surface area contributed by atoms with Crippen molar-refractivity contribution in [1.82, 2.24) is 31.5 Å². The summed E-state index contributed by atoms with van der Waals surface area (Å²) >= 11 is 13.6. The largest absolute Gasteiger partial charge is 0.450 e. The minimum Gasteiger partial charge on any atom is -0.450 e. The molecule has 7 amide bonds. The number of hydrogen-bond donors (Lipinski definition) is 7. The predicted molar refractivity (Wildman–Crippen MR) is 255 cm³/mol. The van der Waals surface area contributed by atoms with Crippen LogP contribution in [0.2, 0.25) is 0 Å². The van der Waals surface area contributed by atoms with Crippen LogP contribution in [0.25, 0.3) is 0 Å². The first-order chi connectivity index (χ1) is 32.4. The third-order valence-electron chi connectivity index (χ3n) is 14.6. The molecular formula is C46H62Br2ClN7O13. The highest BCUT2D eigenvalue weighted by Gasteiger charge is 2.76. The summed E-state index contributed by atoms with van der Waals surface area (Å²) in [5.74, 6) is -7.06. The number of aliphatic hydroxyl groups is 1. The van der Waals surface area contributed by atoms with E-state index in [2.05, 4.69) is 58.4 Å². The molecule has 3 saturated carbocycles. The van der Waals surface area contributed by atoms with Gasteiger partial charge in [0.2, 0.25) is 35.3 Å². The van der Waals surface area contributed by atoms with Crippen molar-refractivity contribution in [1.29, 1.82) is 0 Å². The summed E-state index contributed by atoms with van der Waals surface area (Å²) in [6.45, 7) is 6.61. The lowest BCUT2D eigenvalue weighted by molar-refractivity contribution is -0.203. The highest BCUT2D eigenvalue weighted by Crippen LogP contribution is 2.72. The Labute approximate surface area is 422 Å². The number of unbranched alkanes of at least 4 members (excludes halogenated alkanes) is 1. The lowest BCUT2D eigenvalue weighted by atomic mass is 9.45. The molecule has 10 atom stereocenters. The number of nitrogens with zero attached hydrogens (tertiary/aromatic N) is 1. The van der Waals surface area contributed by atoms with Gasteiger partial charge in [-0.05, 0) is 114 Å². The number of imide groups is 1. The molecule has 0 aromatic heterocycles. The van der Waals surface area contributed by atoms with Crippen molar-refractivity contribution < 1.29 is 62.5 Å². The molecule has 0 radical (unpaired) electrons. The summed E-state index contributed by atoms with van der Waals surface area (Å²) in [5.41, 5.74) is 2.87. The van der Waals surface area contributed by atoms with Crippen molar-refractivity contribution in [3.05, 3.63) is 32.8 Å². The van der Waals surface area contributed by atoms with E-state index in [1.807, 2.05) is 20.8 Å². The number of carbonyl (C=O) groups excluding carboxylic acids is 10. The van der Waals surface area contributed by atoms with Gasteiger partial charge in [-0.2, -0.15) is 0 Å². The van der Waals surface area contributed by atoms with Crippen molar-refractivity contribution in [2.45, 2.75) is 121 Å². The van der Waals surface area contributed by atoms with E-state index in [0.29, 0.717) is 38.6 Å². The minimum absolute atomic E-state index is 0.00797. The third kappa shape index (κ3) is 11.1. The highest BCUT2D eigenvalue weighted by atomic mass is 79.9. The summed E-state index contributed by atoms with van der Waals surface area (Å²) in [5, 5.41) is 24.3. The van der Waals surface area contributed by atoms with Gasteiger partial charge >= 0.3 is 5.97 Å². The van der Waals surface area contributed by atoms with Crippen LogP contribution < -0.4 is 32.3 Å². The van der Waals surface area contributed by atoms with Crippen LogP contribution in [0.1, 0.15) is 92.4 Å². The summed E-state index contributed by atoms with van der Waals surface area (Å²) in [7, 11) is 0. The summed E-state index contributed by atoms with van der Waals surface area (Å²) in [6, 6.07) is -2.24. The number of ketones is 2. The lowest BCUT2D eigenvalue weighted by Crippen LogP contribution is -2.69. The number of alkyl halides is 1. The highest BCUT2D eigenvalue weighted by molar-refractivity contribution is 9.14. The number of amides is 7. The second-order valence-electron chi connectivity index (χ2n) is 18.7. The fourth-order valence-corrected chi connectivity index (χ4v) is 12.3. The molecule has 0 spiro atoms. The normalized spacial score (nSPS) is 30.0. The molecule has 0 aromatic carbocycles. The van der Waals surface area contributed by atoms with Gasteiger partial charge in [-0.15, -0.1) is 11.6 Å². The SMILES string of the molecule is CCC(=O)OC1(C(=O)COCNC(=O)CNC(=O)CNC(=O)[C@H](C)NC(=O)[C@H](CCCCN)NC(=O)CCN2C(=O)C(Br)=C(Br)C2=O)[C@@H](C)C[C@H]2[C@@H]3CCC4=CC(=O)C=C[C@]4(C)[C@@]3(Cl)[C@@H](O)C[C@@]21C. The van der Waals surface area contributed by atoms with Gasteiger partial charge in [-0.3, -0.25) is 52.8 Å². The van der Waals surface area contributed by atoms with E-state index in [0.717, 1.165) is 10.5 Å². The molecular weight excluding hydrogens is 1050 g/mol. The molecule has 69 heavy (non-hydrogen) atoms. The number of esters is 1. The molecule has 1 heterocycles. The number of rotatable bonds is 22. The fourth-order valence-electron chi connectivity index (χ4n) is 11.0. The van der Waals surface area contributed by atoms with Gasteiger partial charge < -0.3 is 46.9 Å². The molecule has 0 aromatic rings.